The van der Waals surface area contributed by atoms with Gasteiger partial charge in [-0.05, 0) is 27.7 Å². The van der Waals surface area contributed by atoms with Crippen LogP contribution in [0.4, 0.5) is 4.79 Å². The van der Waals surface area contributed by atoms with Gasteiger partial charge in [0.2, 0.25) is 0 Å². The summed E-state index contributed by atoms with van der Waals surface area (Å²) in [7, 11) is 0. The van der Waals surface area contributed by atoms with Gasteiger partial charge in [0.05, 0.1) is 36.3 Å². The average Bonchev–Trinajstić information content (AvgIpc) is 2.95. The van der Waals surface area contributed by atoms with Crippen molar-refractivity contribution in [3.05, 3.63) is 34.3 Å². The highest BCUT2D eigenvalue weighted by atomic mass is 32.1. The molecule has 2 aromatic heterocycles. The first-order chi connectivity index (χ1) is 9.85. The van der Waals surface area contributed by atoms with Crippen molar-refractivity contribution in [1.29, 1.82) is 0 Å². The van der Waals surface area contributed by atoms with E-state index in [0.29, 0.717) is 13.1 Å². The number of hydrogen-bond acceptors (Lipinski definition) is 5. The topological polar surface area (TPSA) is 69.0 Å². The molecular formula is C14H20N4O2S. The number of imidazole rings is 1. The molecule has 0 spiro atoms. The Hall–Kier alpha value is -1.89. The molecule has 1 N–H and O–H groups in total. The molecule has 2 heterocycles. The number of aryl methyl sites for hydroxylation is 1. The van der Waals surface area contributed by atoms with E-state index in [4.69, 9.17) is 4.74 Å². The van der Waals surface area contributed by atoms with Crippen molar-refractivity contribution in [2.75, 3.05) is 0 Å². The van der Waals surface area contributed by atoms with E-state index in [1.165, 1.54) is 4.88 Å². The Labute approximate surface area is 128 Å². The maximum absolute atomic E-state index is 11.7. The van der Waals surface area contributed by atoms with Crippen molar-refractivity contribution < 1.29 is 9.53 Å². The largest absolute Gasteiger partial charge is 0.444 e. The molecule has 1 amide bonds. The highest BCUT2D eigenvalue weighted by Gasteiger charge is 2.16. The second kappa shape index (κ2) is 6.26. The van der Waals surface area contributed by atoms with Crippen LogP contribution in [0.15, 0.2) is 18.0 Å². The van der Waals surface area contributed by atoms with Gasteiger partial charge in [-0.2, -0.15) is 0 Å². The van der Waals surface area contributed by atoms with Crippen LogP contribution in [0.5, 0.6) is 0 Å². The first-order valence-electron chi connectivity index (χ1n) is 6.70. The van der Waals surface area contributed by atoms with Crippen LogP contribution in [0.1, 0.15) is 37.0 Å². The lowest BCUT2D eigenvalue weighted by Gasteiger charge is -2.19. The van der Waals surface area contributed by atoms with Gasteiger partial charge in [0.15, 0.2) is 0 Å². The van der Waals surface area contributed by atoms with Crippen LogP contribution < -0.4 is 5.32 Å². The smallest absolute Gasteiger partial charge is 0.407 e. The first kappa shape index (κ1) is 15.5. The van der Waals surface area contributed by atoms with Crippen molar-refractivity contribution >= 4 is 17.4 Å². The Kier molecular flexibility index (Phi) is 4.62. The molecule has 2 aromatic rings. The van der Waals surface area contributed by atoms with Crippen LogP contribution >= 0.6 is 11.3 Å². The van der Waals surface area contributed by atoms with Gasteiger partial charge in [-0.1, -0.05) is 0 Å². The first-order valence-corrected chi connectivity index (χ1v) is 7.58. The van der Waals surface area contributed by atoms with Crippen LogP contribution in [-0.4, -0.2) is 26.2 Å². The van der Waals surface area contributed by atoms with E-state index in [1.807, 2.05) is 37.8 Å². The van der Waals surface area contributed by atoms with Crippen molar-refractivity contribution in [3.63, 3.8) is 0 Å². The normalized spacial score (nSPS) is 11.4. The molecule has 0 saturated carbocycles. The molecule has 0 aliphatic carbocycles. The van der Waals surface area contributed by atoms with E-state index in [2.05, 4.69) is 15.3 Å². The Morgan fingerprint density at radius 1 is 1.48 bits per heavy atom. The average molecular weight is 308 g/mol. The molecule has 0 atom stereocenters. The predicted molar refractivity (Wildman–Crippen MR) is 81.3 cm³/mol. The lowest BCUT2D eigenvalue weighted by atomic mass is 10.2. The zero-order valence-corrected chi connectivity index (χ0v) is 13.5. The van der Waals surface area contributed by atoms with Gasteiger partial charge in [0.1, 0.15) is 5.60 Å². The van der Waals surface area contributed by atoms with Gasteiger partial charge in [-0.15, -0.1) is 11.3 Å². The summed E-state index contributed by atoms with van der Waals surface area (Å²) in [5.74, 6) is 0. The van der Waals surface area contributed by atoms with Crippen LogP contribution in [0, 0.1) is 6.92 Å². The minimum Gasteiger partial charge on any atom is -0.444 e. The highest BCUT2D eigenvalue weighted by Crippen LogP contribution is 2.15. The Bertz CT molecular complexity index is 613. The molecule has 0 aliphatic rings. The Morgan fingerprint density at radius 2 is 2.24 bits per heavy atom. The molecule has 0 radical (unpaired) electrons. The minimum absolute atomic E-state index is 0.382. The van der Waals surface area contributed by atoms with Gasteiger partial charge >= 0.3 is 6.09 Å². The van der Waals surface area contributed by atoms with E-state index < -0.39 is 11.7 Å². The van der Waals surface area contributed by atoms with E-state index in [0.717, 1.165) is 11.4 Å². The number of aromatic nitrogens is 3. The number of hydrogen-bond donors (Lipinski definition) is 1. The molecule has 0 saturated heterocycles. The highest BCUT2D eigenvalue weighted by molar-refractivity contribution is 7.09. The number of alkyl carbamates (subject to hydrolysis) is 1. The summed E-state index contributed by atoms with van der Waals surface area (Å²) in [6.45, 7) is 8.59. The molecule has 114 valence electrons. The lowest BCUT2D eigenvalue weighted by molar-refractivity contribution is 0.0522. The fraction of sp³-hybridized carbons (Fsp3) is 0.500. The van der Waals surface area contributed by atoms with Gasteiger partial charge < -0.3 is 14.6 Å². The third-order valence-electron chi connectivity index (χ3n) is 2.77. The van der Waals surface area contributed by atoms with Crippen LogP contribution in [0.3, 0.4) is 0 Å². The number of carbonyl (C=O) groups excluding carboxylic acids is 1. The molecule has 7 heteroatoms. The number of rotatable bonds is 4. The van der Waals surface area contributed by atoms with E-state index >= 15 is 0 Å². The maximum Gasteiger partial charge on any atom is 0.407 e. The molecular weight excluding hydrogens is 288 g/mol. The molecule has 0 unspecified atom stereocenters. The monoisotopic (exact) mass is 308 g/mol. The number of nitrogens with zero attached hydrogens (tertiary/aromatic N) is 3. The zero-order valence-electron chi connectivity index (χ0n) is 12.7. The van der Waals surface area contributed by atoms with Gasteiger partial charge in [0.25, 0.3) is 0 Å². The Balaban J connectivity index is 1.95. The van der Waals surface area contributed by atoms with Crippen molar-refractivity contribution in [1.82, 2.24) is 19.9 Å². The van der Waals surface area contributed by atoms with Crippen molar-refractivity contribution in [2.45, 2.75) is 46.4 Å². The predicted octanol–water partition coefficient (Wildman–Crippen LogP) is 2.72. The molecule has 2 rings (SSSR count). The molecule has 0 aromatic carbocycles. The number of ether oxygens (including phenoxy) is 1. The Morgan fingerprint density at radius 3 is 2.86 bits per heavy atom. The van der Waals surface area contributed by atoms with Crippen LogP contribution in [0.25, 0.3) is 0 Å². The van der Waals surface area contributed by atoms with E-state index in [-0.39, 0.29) is 0 Å². The van der Waals surface area contributed by atoms with E-state index in [9.17, 15) is 4.79 Å². The molecule has 0 aliphatic heterocycles. The zero-order chi connectivity index (χ0) is 15.5. The van der Waals surface area contributed by atoms with Gasteiger partial charge in [0, 0.05) is 11.1 Å². The van der Waals surface area contributed by atoms with Crippen LogP contribution in [-0.2, 0) is 17.8 Å². The second-order valence-corrected chi connectivity index (χ2v) is 6.67. The quantitative estimate of drug-likeness (QED) is 0.943. The van der Waals surface area contributed by atoms with Crippen molar-refractivity contribution in [3.8, 4) is 0 Å². The third-order valence-corrected chi connectivity index (χ3v) is 3.69. The number of carbonyl (C=O) groups is 1. The molecule has 0 bridgehead atoms. The van der Waals surface area contributed by atoms with Gasteiger partial charge in [-0.25, -0.2) is 14.8 Å². The molecule has 21 heavy (non-hydrogen) atoms. The van der Waals surface area contributed by atoms with Crippen molar-refractivity contribution in [2.24, 2.45) is 0 Å². The lowest BCUT2D eigenvalue weighted by Crippen LogP contribution is -2.32. The fourth-order valence-electron chi connectivity index (χ4n) is 1.75. The third kappa shape index (κ3) is 4.56. The molecule has 0 fully saturated rings. The number of nitrogens with one attached hydrogen (secondary N) is 1. The number of thiazole rings is 1. The van der Waals surface area contributed by atoms with E-state index in [1.54, 1.807) is 23.9 Å². The fourth-order valence-corrected chi connectivity index (χ4v) is 2.52. The molecule has 6 nitrogen and oxygen atoms in total. The summed E-state index contributed by atoms with van der Waals surface area (Å²) in [5.41, 5.74) is 3.29. The summed E-state index contributed by atoms with van der Waals surface area (Å²) >= 11 is 1.62. The number of amides is 1. The van der Waals surface area contributed by atoms with Gasteiger partial charge in [-0.3, -0.25) is 0 Å². The van der Waals surface area contributed by atoms with Crippen LogP contribution in [0.2, 0.25) is 0 Å². The SMILES string of the molecule is Cc1ncsc1Cn1cncc1CNC(=O)OC(C)(C)C. The summed E-state index contributed by atoms with van der Waals surface area (Å²) < 4.78 is 7.21. The minimum atomic E-state index is -0.496. The second-order valence-electron chi connectivity index (χ2n) is 5.73. The standard InChI is InChI=1S/C14H20N4O2S/c1-10-12(21-9-17-10)7-18-8-15-5-11(18)6-16-13(19)20-14(2,3)4/h5,8-9H,6-7H2,1-4H3,(H,16,19). The summed E-state index contributed by atoms with van der Waals surface area (Å²) in [6.07, 6.45) is 3.07. The summed E-state index contributed by atoms with van der Waals surface area (Å²) in [6, 6.07) is 0. The summed E-state index contributed by atoms with van der Waals surface area (Å²) in [4.78, 5) is 21.2. The maximum atomic E-state index is 11.7. The summed E-state index contributed by atoms with van der Waals surface area (Å²) in [5, 5.41) is 2.74.